The molecule has 1 aromatic carbocycles. The monoisotopic (exact) mass is 456 g/mol. The summed E-state index contributed by atoms with van der Waals surface area (Å²) in [4.78, 5) is 11.7. The molecule has 2 aromatic rings. The van der Waals surface area contributed by atoms with Gasteiger partial charge in [0.05, 0.1) is 23.5 Å². The molecule has 182 valence electrons. The number of aromatic nitrogens is 2. The third-order valence-electron chi connectivity index (χ3n) is 7.16. The molecule has 1 aromatic heterocycles. The molecule has 0 spiro atoms. The summed E-state index contributed by atoms with van der Waals surface area (Å²) < 4.78 is 8.32. The van der Waals surface area contributed by atoms with Crippen molar-refractivity contribution in [2.45, 2.75) is 98.5 Å². The van der Waals surface area contributed by atoms with Gasteiger partial charge in [-0.1, -0.05) is 61.5 Å². The second-order valence-electron chi connectivity index (χ2n) is 13.4. The Morgan fingerprint density at radius 2 is 1.58 bits per heavy atom. The van der Waals surface area contributed by atoms with Gasteiger partial charge in [0.1, 0.15) is 5.75 Å². The van der Waals surface area contributed by atoms with Crippen LogP contribution in [0.15, 0.2) is 24.3 Å². The van der Waals surface area contributed by atoms with Crippen molar-refractivity contribution in [3.63, 3.8) is 0 Å². The Morgan fingerprint density at radius 1 is 0.939 bits per heavy atom. The maximum Gasteiger partial charge on any atom is 0.261 e. The number of phenols is 1. The van der Waals surface area contributed by atoms with E-state index in [-0.39, 0.29) is 27.5 Å². The summed E-state index contributed by atoms with van der Waals surface area (Å²) in [6.07, 6.45) is 0. The predicted molar refractivity (Wildman–Crippen MR) is 129 cm³/mol. The molecular formula is C27H40N2O4. The zero-order valence-corrected chi connectivity index (χ0v) is 22.1. The van der Waals surface area contributed by atoms with Gasteiger partial charge in [-0.25, -0.2) is 4.89 Å². The Morgan fingerprint density at radius 3 is 2.03 bits per heavy atom. The van der Waals surface area contributed by atoms with E-state index >= 15 is 0 Å². The molecule has 2 saturated heterocycles. The maximum absolute atomic E-state index is 11.3. The fourth-order valence-electron chi connectivity index (χ4n) is 5.64. The molecule has 0 aliphatic carbocycles. The topological polar surface area (TPSA) is 65.7 Å². The van der Waals surface area contributed by atoms with Crippen molar-refractivity contribution in [1.82, 2.24) is 9.78 Å². The first-order valence-electron chi connectivity index (χ1n) is 11.8. The van der Waals surface area contributed by atoms with Crippen molar-refractivity contribution in [1.29, 1.82) is 0 Å². The lowest BCUT2D eigenvalue weighted by molar-refractivity contribution is -0.626. The van der Waals surface area contributed by atoms with Crippen LogP contribution in [0.1, 0.15) is 87.4 Å². The first kappa shape index (κ1) is 24.2. The molecule has 4 rings (SSSR count). The molecule has 6 heteroatoms. The fourth-order valence-corrected chi connectivity index (χ4v) is 5.64. The Balaban J connectivity index is 1.84. The average molecular weight is 457 g/mol. The first-order chi connectivity index (χ1) is 14.9. The molecular weight excluding hydrogens is 416 g/mol. The fraction of sp³-hybridized carbons (Fsp3) is 0.667. The van der Waals surface area contributed by atoms with Crippen LogP contribution in [0.3, 0.4) is 0 Å². The van der Waals surface area contributed by atoms with Crippen LogP contribution in [0.2, 0.25) is 0 Å². The van der Waals surface area contributed by atoms with E-state index in [2.05, 4.69) is 82.2 Å². The second-order valence-corrected chi connectivity index (χ2v) is 13.4. The van der Waals surface area contributed by atoms with Crippen LogP contribution in [0.4, 0.5) is 0 Å². The predicted octanol–water partition coefficient (Wildman–Crippen LogP) is 6.26. The quantitative estimate of drug-likeness (QED) is 0.540. The molecule has 0 radical (unpaired) electrons. The van der Waals surface area contributed by atoms with Crippen molar-refractivity contribution in [2.75, 3.05) is 6.61 Å². The number of hydrogen-bond acceptors (Lipinski definition) is 5. The number of hydrogen-bond donors (Lipinski definition) is 1. The van der Waals surface area contributed by atoms with E-state index in [0.717, 1.165) is 22.5 Å². The molecule has 2 fully saturated rings. The number of benzene rings is 1. The van der Waals surface area contributed by atoms with Crippen molar-refractivity contribution < 1.29 is 19.6 Å². The highest BCUT2D eigenvalue weighted by Gasteiger charge is 2.81. The van der Waals surface area contributed by atoms with Crippen LogP contribution in [0.25, 0.3) is 11.3 Å². The molecule has 1 N–H and O–H groups in total. The molecule has 0 bridgehead atoms. The number of phenolic OH excluding ortho intramolecular Hbond substituents is 1. The minimum absolute atomic E-state index is 0.105. The van der Waals surface area contributed by atoms with Crippen molar-refractivity contribution in [3.05, 3.63) is 35.5 Å². The Hall–Kier alpha value is -1.89. The summed E-state index contributed by atoms with van der Waals surface area (Å²) in [6.45, 7) is 24.0. The smallest absolute Gasteiger partial charge is 0.261 e. The minimum atomic E-state index is -1.06. The van der Waals surface area contributed by atoms with Crippen molar-refractivity contribution in [2.24, 2.45) is 10.8 Å². The zero-order chi connectivity index (χ0) is 24.8. The molecule has 33 heavy (non-hydrogen) atoms. The van der Waals surface area contributed by atoms with E-state index in [0.29, 0.717) is 6.61 Å². The van der Waals surface area contributed by atoms with Crippen LogP contribution in [0.5, 0.6) is 5.75 Å². The van der Waals surface area contributed by atoms with E-state index in [1.54, 1.807) is 6.07 Å². The number of nitrogens with zero attached hydrogens (tertiary/aromatic N) is 2. The summed E-state index contributed by atoms with van der Waals surface area (Å²) in [7, 11) is 0. The van der Waals surface area contributed by atoms with Crippen LogP contribution in [-0.4, -0.2) is 27.1 Å². The van der Waals surface area contributed by atoms with Gasteiger partial charge >= 0.3 is 0 Å². The molecule has 0 amide bonds. The number of aromatic hydroxyl groups is 1. The largest absolute Gasteiger partial charge is 0.507 e. The molecule has 2 aliphatic heterocycles. The molecule has 2 aliphatic rings. The maximum atomic E-state index is 11.3. The van der Waals surface area contributed by atoms with Crippen molar-refractivity contribution in [3.8, 4) is 17.0 Å². The first-order valence-corrected chi connectivity index (χ1v) is 11.8. The lowest BCUT2D eigenvalue weighted by Gasteiger charge is -2.61. The SMILES string of the molecule is CC(C)(C)c1cc(-c2ccc(C34OCC(C)(C)C3(C(C)(C)C)OO4)cc2O)n(C(C)(C)C)n1. The Labute approximate surface area is 198 Å². The summed E-state index contributed by atoms with van der Waals surface area (Å²) in [5.74, 6) is -0.898. The standard InChI is InChI=1S/C27H40N2O4/c1-22(2,3)21-15-19(29(28-21)24(7,8)9)18-13-12-17(14-20(18)30)26-27(33-32-26,23(4,5)6)25(10,11)16-31-26/h12-15,30H,16H2,1-11H3. The van der Waals surface area contributed by atoms with Crippen molar-refractivity contribution >= 4 is 0 Å². The van der Waals surface area contributed by atoms with Gasteiger partial charge in [-0.05, 0) is 39.0 Å². The summed E-state index contributed by atoms with van der Waals surface area (Å²) in [6, 6.07) is 7.76. The molecule has 0 saturated carbocycles. The molecule has 2 unspecified atom stereocenters. The second kappa shape index (κ2) is 6.83. The third-order valence-corrected chi connectivity index (χ3v) is 7.16. The average Bonchev–Trinajstić information content (AvgIpc) is 3.11. The highest BCUT2D eigenvalue weighted by molar-refractivity contribution is 5.69. The van der Waals surface area contributed by atoms with Gasteiger partial charge in [0.2, 0.25) is 0 Å². The van der Waals surface area contributed by atoms with Crippen LogP contribution in [-0.2, 0) is 31.3 Å². The lowest BCUT2D eigenvalue weighted by Crippen LogP contribution is -2.73. The van der Waals surface area contributed by atoms with Gasteiger partial charge in [0.15, 0.2) is 5.60 Å². The Bertz CT molecular complexity index is 1080. The van der Waals surface area contributed by atoms with E-state index < -0.39 is 11.4 Å². The van der Waals surface area contributed by atoms with E-state index in [9.17, 15) is 5.11 Å². The highest BCUT2D eigenvalue weighted by atomic mass is 17.3. The minimum Gasteiger partial charge on any atom is -0.507 e. The van der Waals surface area contributed by atoms with Gasteiger partial charge in [0.25, 0.3) is 5.79 Å². The third kappa shape index (κ3) is 3.21. The summed E-state index contributed by atoms with van der Waals surface area (Å²) >= 11 is 0. The Kier molecular flexibility index (Phi) is 5.02. The highest BCUT2D eigenvalue weighted by Crippen LogP contribution is 2.69. The normalized spacial score (nSPS) is 27.4. The van der Waals surface area contributed by atoms with Gasteiger partial charge in [-0.15, -0.1) is 0 Å². The van der Waals surface area contributed by atoms with Crippen LogP contribution in [0, 0.1) is 10.8 Å². The molecule has 3 heterocycles. The van der Waals surface area contributed by atoms with Crippen LogP contribution < -0.4 is 0 Å². The van der Waals surface area contributed by atoms with E-state index in [4.69, 9.17) is 19.6 Å². The van der Waals surface area contributed by atoms with Gasteiger partial charge in [-0.2, -0.15) is 9.99 Å². The molecule has 2 atom stereocenters. The lowest BCUT2D eigenvalue weighted by atomic mass is 9.57. The summed E-state index contributed by atoms with van der Waals surface area (Å²) in [5, 5.41) is 16.2. The van der Waals surface area contributed by atoms with Crippen LogP contribution >= 0.6 is 0 Å². The van der Waals surface area contributed by atoms with Gasteiger partial charge < -0.3 is 9.84 Å². The number of rotatable bonds is 2. The number of fused-ring (bicyclic) bond motifs is 1. The van der Waals surface area contributed by atoms with Gasteiger partial charge in [-0.3, -0.25) is 4.68 Å². The number of ether oxygens (including phenoxy) is 1. The van der Waals surface area contributed by atoms with E-state index in [1.807, 2.05) is 16.8 Å². The van der Waals surface area contributed by atoms with E-state index in [1.165, 1.54) is 0 Å². The zero-order valence-electron chi connectivity index (χ0n) is 22.1. The molecule has 6 nitrogen and oxygen atoms in total. The van der Waals surface area contributed by atoms with Gasteiger partial charge in [0, 0.05) is 27.4 Å². The summed E-state index contributed by atoms with van der Waals surface area (Å²) in [5.41, 5.74) is 1.79.